The van der Waals surface area contributed by atoms with Gasteiger partial charge in [-0.3, -0.25) is 19.2 Å². The zero-order valence-electron chi connectivity index (χ0n) is 22.8. The number of alkyl carbamates (subject to hydrolysis) is 1. The van der Waals surface area contributed by atoms with E-state index in [0.717, 1.165) is 5.56 Å². The summed E-state index contributed by atoms with van der Waals surface area (Å²) in [5, 5.41) is 16.6. The topological polar surface area (TPSA) is 177 Å². The molecule has 3 amide bonds. The van der Waals surface area contributed by atoms with Gasteiger partial charge in [-0.25, -0.2) is 9.78 Å². The summed E-state index contributed by atoms with van der Waals surface area (Å²) in [4.78, 5) is 66.7. The van der Waals surface area contributed by atoms with Crippen LogP contribution in [0.4, 0.5) is 4.79 Å². The van der Waals surface area contributed by atoms with E-state index in [1.165, 1.54) is 13.2 Å². The van der Waals surface area contributed by atoms with Gasteiger partial charge in [-0.15, -0.1) is 0 Å². The van der Waals surface area contributed by atoms with Crippen molar-refractivity contribution in [2.75, 3.05) is 0 Å². The molecule has 12 heteroatoms. The highest BCUT2D eigenvalue weighted by Gasteiger charge is 2.32. The number of aliphatic carboxylic acids is 1. The molecule has 0 bridgehead atoms. The molecule has 0 radical (unpaired) electrons. The van der Waals surface area contributed by atoms with Crippen LogP contribution in [-0.2, 0) is 25.7 Å². The fourth-order valence-electron chi connectivity index (χ4n) is 3.75. The van der Waals surface area contributed by atoms with Crippen molar-refractivity contribution in [1.29, 1.82) is 0 Å². The van der Waals surface area contributed by atoms with Gasteiger partial charge in [0, 0.05) is 5.56 Å². The van der Waals surface area contributed by atoms with Crippen molar-refractivity contribution in [1.82, 2.24) is 20.9 Å². The summed E-state index contributed by atoms with van der Waals surface area (Å²) in [7, 11) is 0. The number of ketones is 1. The number of nitrogens with one attached hydrogen (secondary N) is 3. The van der Waals surface area contributed by atoms with Gasteiger partial charge in [-0.2, -0.15) is 0 Å². The number of hydrogen-bond acceptors (Lipinski definition) is 8. The number of hydrogen-bond donors (Lipinski definition) is 4. The second-order valence-corrected chi connectivity index (χ2v) is 9.59. The van der Waals surface area contributed by atoms with Crippen molar-refractivity contribution < 1.29 is 38.2 Å². The molecule has 0 aliphatic rings. The summed E-state index contributed by atoms with van der Waals surface area (Å²) < 4.78 is 10.4. The molecule has 3 unspecified atom stereocenters. The summed E-state index contributed by atoms with van der Waals surface area (Å²) in [5.74, 6) is -4.40. The first-order valence-electron chi connectivity index (χ1n) is 12.9. The van der Waals surface area contributed by atoms with Gasteiger partial charge in [-0.05, 0) is 18.4 Å². The Morgan fingerprint density at radius 2 is 1.51 bits per heavy atom. The number of Topliss-reactive ketones (excluding diaryl/α,β-unsaturated/α-hetero) is 1. The van der Waals surface area contributed by atoms with E-state index in [1.54, 1.807) is 62.4 Å². The number of rotatable bonds is 13. The molecule has 41 heavy (non-hydrogen) atoms. The maximum atomic E-state index is 13.0. The second kappa shape index (κ2) is 14.4. The van der Waals surface area contributed by atoms with E-state index < -0.39 is 54.2 Å². The third-order valence-corrected chi connectivity index (χ3v) is 5.98. The van der Waals surface area contributed by atoms with Gasteiger partial charge < -0.3 is 30.2 Å². The molecule has 0 spiro atoms. The minimum Gasteiger partial charge on any atom is -0.481 e. The van der Waals surface area contributed by atoms with Crippen molar-refractivity contribution in [2.45, 2.75) is 51.9 Å². The number of oxazole rings is 1. The SMILES string of the molecule is CC(NC(=O)C(NC(=O)OCc1ccccc1)C(C)C)C(=O)NC(CC(=O)O)C(=O)c1nc(-c2ccccc2)co1. The highest BCUT2D eigenvalue weighted by molar-refractivity contribution is 6.01. The van der Waals surface area contributed by atoms with E-state index in [1.807, 2.05) is 12.1 Å². The average Bonchev–Trinajstić information content (AvgIpc) is 3.45. The normalized spacial score (nSPS) is 13.0. The minimum absolute atomic E-state index is 0.00821. The van der Waals surface area contributed by atoms with E-state index in [2.05, 4.69) is 20.9 Å². The number of nitrogens with zero attached hydrogens (tertiary/aromatic N) is 1. The van der Waals surface area contributed by atoms with Gasteiger partial charge in [-0.1, -0.05) is 74.5 Å². The number of ether oxygens (including phenoxy) is 1. The Labute approximate surface area is 236 Å². The van der Waals surface area contributed by atoms with Crippen molar-refractivity contribution in [2.24, 2.45) is 5.92 Å². The predicted octanol–water partition coefficient (Wildman–Crippen LogP) is 2.94. The van der Waals surface area contributed by atoms with Crippen LogP contribution in [0.15, 0.2) is 71.3 Å². The number of carbonyl (C=O) groups is 5. The number of carboxylic acid groups (broad SMARTS) is 1. The van der Waals surface area contributed by atoms with Crippen LogP contribution < -0.4 is 16.0 Å². The van der Waals surface area contributed by atoms with Crippen molar-refractivity contribution in [3.8, 4) is 11.3 Å². The van der Waals surface area contributed by atoms with Gasteiger partial charge in [0.2, 0.25) is 17.6 Å². The molecule has 3 rings (SSSR count). The van der Waals surface area contributed by atoms with Crippen LogP contribution in [0.1, 0.15) is 43.4 Å². The average molecular weight is 565 g/mol. The van der Waals surface area contributed by atoms with Gasteiger partial charge in [0.05, 0.1) is 6.42 Å². The first kappa shape index (κ1) is 30.5. The summed E-state index contributed by atoms with van der Waals surface area (Å²) in [6.07, 6.45) is -0.292. The Kier molecular flexibility index (Phi) is 10.7. The van der Waals surface area contributed by atoms with Gasteiger partial charge in [0.15, 0.2) is 0 Å². The molecule has 1 aromatic heterocycles. The Bertz CT molecular complexity index is 1360. The Morgan fingerprint density at radius 1 is 0.878 bits per heavy atom. The molecule has 2 aromatic carbocycles. The summed E-state index contributed by atoms with van der Waals surface area (Å²) >= 11 is 0. The molecule has 3 aromatic rings. The van der Waals surface area contributed by atoms with Crippen LogP contribution in [0, 0.1) is 5.92 Å². The van der Waals surface area contributed by atoms with Crippen LogP contribution >= 0.6 is 0 Å². The number of carbonyl (C=O) groups excluding carboxylic acids is 4. The maximum absolute atomic E-state index is 13.0. The molecular weight excluding hydrogens is 532 g/mol. The Morgan fingerprint density at radius 3 is 2.12 bits per heavy atom. The van der Waals surface area contributed by atoms with Crippen LogP contribution in [0.2, 0.25) is 0 Å². The number of benzene rings is 2. The van der Waals surface area contributed by atoms with Gasteiger partial charge in [0.1, 0.15) is 36.7 Å². The molecule has 0 saturated carbocycles. The number of carboxylic acids is 1. The zero-order valence-corrected chi connectivity index (χ0v) is 22.8. The smallest absolute Gasteiger partial charge is 0.408 e. The lowest BCUT2D eigenvalue weighted by atomic mass is 10.0. The molecule has 12 nitrogen and oxygen atoms in total. The quantitative estimate of drug-likeness (QED) is 0.227. The summed E-state index contributed by atoms with van der Waals surface area (Å²) in [6.45, 7) is 4.77. The summed E-state index contributed by atoms with van der Waals surface area (Å²) in [6, 6.07) is 14.2. The molecule has 0 aliphatic carbocycles. The van der Waals surface area contributed by atoms with E-state index in [-0.39, 0.29) is 18.4 Å². The van der Waals surface area contributed by atoms with Crippen LogP contribution in [0.3, 0.4) is 0 Å². The molecule has 0 saturated heterocycles. The standard InChI is InChI=1S/C29H32N4O8/c1-17(2)24(33-29(39)41-15-19-10-6-4-7-11-19)27(38)30-18(3)26(37)31-21(14-23(34)35)25(36)28-32-22(16-40-28)20-12-8-5-9-13-20/h4-13,16-18,21,24H,14-15H2,1-3H3,(H,30,38)(H,31,37)(H,33,39)(H,34,35). The molecule has 3 atom stereocenters. The maximum Gasteiger partial charge on any atom is 0.408 e. The fraction of sp³-hybridized carbons (Fsp3) is 0.310. The predicted molar refractivity (Wildman–Crippen MR) is 146 cm³/mol. The highest BCUT2D eigenvalue weighted by Crippen LogP contribution is 2.19. The minimum atomic E-state index is -1.51. The molecule has 4 N–H and O–H groups in total. The Hall–Kier alpha value is -5.00. The van der Waals surface area contributed by atoms with E-state index in [4.69, 9.17) is 9.15 Å². The van der Waals surface area contributed by atoms with Crippen molar-refractivity contribution in [3.05, 3.63) is 78.4 Å². The van der Waals surface area contributed by atoms with Crippen LogP contribution in [0.25, 0.3) is 11.3 Å². The lowest BCUT2D eigenvalue weighted by Gasteiger charge is -2.24. The third-order valence-electron chi connectivity index (χ3n) is 5.98. The highest BCUT2D eigenvalue weighted by atomic mass is 16.5. The fourth-order valence-corrected chi connectivity index (χ4v) is 3.75. The largest absolute Gasteiger partial charge is 0.481 e. The van der Waals surface area contributed by atoms with Gasteiger partial charge >= 0.3 is 12.1 Å². The van der Waals surface area contributed by atoms with Gasteiger partial charge in [0.25, 0.3) is 5.89 Å². The zero-order chi connectivity index (χ0) is 29.9. The monoisotopic (exact) mass is 564 g/mol. The molecular formula is C29H32N4O8. The first-order chi connectivity index (χ1) is 19.5. The summed E-state index contributed by atoms with van der Waals surface area (Å²) in [5.41, 5.74) is 1.82. The molecule has 1 heterocycles. The molecule has 216 valence electrons. The number of amides is 3. The molecule has 0 aliphatic heterocycles. The first-order valence-corrected chi connectivity index (χ1v) is 12.9. The van der Waals surface area contributed by atoms with Crippen molar-refractivity contribution in [3.63, 3.8) is 0 Å². The molecule has 0 fully saturated rings. The third kappa shape index (κ3) is 9.02. The van der Waals surface area contributed by atoms with Crippen LogP contribution in [-0.4, -0.2) is 57.9 Å². The van der Waals surface area contributed by atoms with E-state index in [9.17, 15) is 29.1 Å². The van der Waals surface area contributed by atoms with Crippen LogP contribution in [0.5, 0.6) is 0 Å². The van der Waals surface area contributed by atoms with E-state index in [0.29, 0.717) is 11.3 Å². The number of aromatic nitrogens is 1. The lowest BCUT2D eigenvalue weighted by molar-refractivity contribution is -0.137. The lowest BCUT2D eigenvalue weighted by Crippen LogP contribution is -2.56. The van der Waals surface area contributed by atoms with Crippen molar-refractivity contribution >= 4 is 29.7 Å². The second-order valence-electron chi connectivity index (χ2n) is 9.59. The van der Waals surface area contributed by atoms with E-state index >= 15 is 0 Å². The Balaban J connectivity index is 1.61.